The molecule has 0 saturated heterocycles. The van der Waals surface area contributed by atoms with E-state index in [1.807, 2.05) is 39.0 Å². The number of nitrogens with zero attached hydrogens (tertiary/aromatic N) is 3. The highest BCUT2D eigenvalue weighted by Crippen LogP contribution is 2.21. The summed E-state index contributed by atoms with van der Waals surface area (Å²) in [6.45, 7) is 6.10. The van der Waals surface area contributed by atoms with Gasteiger partial charge >= 0.3 is 6.09 Å². The highest BCUT2D eigenvalue weighted by atomic mass is 16.4. The molecule has 0 atom stereocenters. The fraction of sp³-hybridized carbons (Fsp3) is 0.250. The number of amides is 2. The van der Waals surface area contributed by atoms with E-state index in [-0.39, 0.29) is 18.5 Å². The van der Waals surface area contributed by atoms with Crippen molar-refractivity contribution in [1.29, 1.82) is 0 Å². The van der Waals surface area contributed by atoms with E-state index in [4.69, 9.17) is 0 Å². The van der Waals surface area contributed by atoms with Crippen LogP contribution in [-0.2, 0) is 6.42 Å². The van der Waals surface area contributed by atoms with Crippen molar-refractivity contribution < 1.29 is 14.7 Å². The fourth-order valence-electron chi connectivity index (χ4n) is 3.15. The molecule has 0 unspecified atom stereocenters. The Labute approximate surface area is 187 Å². The number of rotatable bonds is 8. The van der Waals surface area contributed by atoms with Crippen molar-refractivity contribution in [3.05, 3.63) is 77.7 Å². The number of anilines is 3. The molecule has 0 bridgehead atoms. The van der Waals surface area contributed by atoms with Gasteiger partial charge in [0.1, 0.15) is 5.82 Å². The van der Waals surface area contributed by atoms with E-state index in [2.05, 4.69) is 20.6 Å². The summed E-state index contributed by atoms with van der Waals surface area (Å²) in [5.74, 6) is 0.235. The van der Waals surface area contributed by atoms with Crippen LogP contribution < -0.4 is 15.5 Å². The summed E-state index contributed by atoms with van der Waals surface area (Å²) in [6, 6.07) is 15.9. The van der Waals surface area contributed by atoms with Crippen molar-refractivity contribution in [3.63, 3.8) is 0 Å². The third-order valence-corrected chi connectivity index (χ3v) is 4.69. The highest BCUT2D eigenvalue weighted by molar-refractivity contribution is 6.07. The Hall–Kier alpha value is -3.94. The topological polar surface area (TPSA) is 107 Å². The lowest BCUT2D eigenvalue weighted by Crippen LogP contribution is -2.31. The molecule has 32 heavy (non-hydrogen) atoms. The molecule has 0 aliphatic heterocycles. The lowest BCUT2D eigenvalue weighted by Gasteiger charge is -2.19. The lowest BCUT2D eigenvalue weighted by molar-refractivity contribution is 0.102. The molecular weight excluding hydrogens is 406 g/mol. The van der Waals surface area contributed by atoms with Crippen LogP contribution in [0.15, 0.2) is 60.8 Å². The minimum absolute atomic E-state index is 0.128. The average Bonchev–Trinajstić information content (AvgIpc) is 2.75. The van der Waals surface area contributed by atoms with Crippen LogP contribution in [0, 0.1) is 6.92 Å². The monoisotopic (exact) mass is 433 g/mol. The van der Waals surface area contributed by atoms with Gasteiger partial charge in [-0.25, -0.2) is 9.78 Å². The van der Waals surface area contributed by atoms with Gasteiger partial charge in [0.2, 0.25) is 0 Å². The summed E-state index contributed by atoms with van der Waals surface area (Å²) in [7, 11) is 0. The first-order chi connectivity index (χ1) is 15.3. The zero-order valence-corrected chi connectivity index (χ0v) is 18.4. The van der Waals surface area contributed by atoms with Crippen LogP contribution in [0.25, 0.3) is 0 Å². The summed E-state index contributed by atoms with van der Waals surface area (Å²) in [4.78, 5) is 34.5. The molecule has 2 heterocycles. The molecule has 3 rings (SSSR count). The van der Waals surface area contributed by atoms with Gasteiger partial charge in [-0.05, 0) is 69.3 Å². The molecule has 1 aromatic carbocycles. The first-order valence-corrected chi connectivity index (χ1v) is 10.4. The number of carbonyl (C=O) groups excluding carboxylic acids is 1. The zero-order chi connectivity index (χ0) is 23.1. The van der Waals surface area contributed by atoms with Gasteiger partial charge in [0, 0.05) is 48.0 Å². The Morgan fingerprint density at radius 3 is 2.44 bits per heavy atom. The van der Waals surface area contributed by atoms with Crippen molar-refractivity contribution in [2.75, 3.05) is 22.1 Å². The van der Waals surface area contributed by atoms with Crippen LogP contribution in [-0.4, -0.2) is 39.7 Å². The smallest absolute Gasteiger partial charge is 0.411 e. The molecule has 8 heteroatoms. The number of pyridine rings is 2. The molecular formula is C24H27N5O3. The molecule has 3 aromatic rings. The normalized spacial score (nSPS) is 10.6. The van der Waals surface area contributed by atoms with Crippen molar-refractivity contribution in [2.24, 2.45) is 0 Å². The average molecular weight is 434 g/mol. The summed E-state index contributed by atoms with van der Waals surface area (Å²) in [5.41, 5.74) is 3.15. The van der Waals surface area contributed by atoms with Gasteiger partial charge < -0.3 is 15.7 Å². The van der Waals surface area contributed by atoms with Crippen LogP contribution >= 0.6 is 0 Å². The van der Waals surface area contributed by atoms with Gasteiger partial charge in [-0.2, -0.15) is 0 Å². The third kappa shape index (κ3) is 6.04. The Morgan fingerprint density at radius 2 is 1.81 bits per heavy atom. The van der Waals surface area contributed by atoms with Gasteiger partial charge in [-0.3, -0.25) is 14.7 Å². The number of aryl methyl sites for hydroxylation is 1. The van der Waals surface area contributed by atoms with E-state index in [1.165, 1.54) is 4.90 Å². The number of nitrogens with one attached hydrogen (secondary N) is 2. The van der Waals surface area contributed by atoms with Crippen LogP contribution in [0.3, 0.4) is 0 Å². The lowest BCUT2D eigenvalue weighted by atomic mass is 10.2. The van der Waals surface area contributed by atoms with E-state index in [0.29, 0.717) is 29.2 Å². The molecule has 0 spiro atoms. The number of hydrogen-bond donors (Lipinski definition) is 3. The molecule has 2 amide bonds. The van der Waals surface area contributed by atoms with Crippen molar-refractivity contribution in [1.82, 2.24) is 9.97 Å². The van der Waals surface area contributed by atoms with Crippen LogP contribution in [0.5, 0.6) is 0 Å². The van der Waals surface area contributed by atoms with Crippen molar-refractivity contribution in [3.8, 4) is 0 Å². The van der Waals surface area contributed by atoms with Crippen molar-refractivity contribution in [2.45, 2.75) is 33.2 Å². The number of hydrogen-bond acceptors (Lipinski definition) is 5. The highest BCUT2D eigenvalue weighted by Gasteiger charge is 2.16. The summed E-state index contributed by atoms with van der Waals surface area (Å²) in [6.07, 6.45) is 1.13. The van der Waals surface area contributed by atoms with Crippen LogP contribution in [0.2, 0.25) is 0 Å². The van der Waals surface area contributed by atoms with E-state index in [9.17, 15) is 14.7 Å². The summed E-state index contributed by atoms with van der Waals surface area (Å²) < 4.78 is 0. The SMILES string of the molecule is Cc1ccc(C(=O)Nc2ccc(N(CCc3ccccn3)C(=O)O)cc2)c(NC(C)C)n1. The standard InChI is InChI=1S/C24H27N5O3/c1-16(2)26-22-21(12-7-17(3)27-22)23(30)28-19-8-10-20(11-9-19)29(24(31)32)15-13-18-6-4-5-14-25-18/h4-12,14,16H,13,15H2,1-3H3,(H,26,27)(H,28,30)(H,31,32). The summed E-state index contributed by atoms with van der Waals surface area (Å²) in [5, 5.41) is 15.7. The van der Waals surface area contributed by atoms with Crippen LogP contribution in [0.1, 0.15) is 35.6 Å². The molecule has 2 aromatic heterocycles. The minimum Gasteiger partial charge on any atom is -0.465 e. The maximum absolute atomic E-state index is 12.8. The minimum atomic E-state index is -1.05. The van der Waals surface area contributed by atoms with Gasteiger partial charge in [0.25, 0.3) is 5.91 Å². The Bertz CT molecular complexity index is 1070. The third-order valence-electron chi connectivity index (χ3n) is 4.69. The fourth-order valence-corrected chi connectivity index (χ4v) is 3.15. The van der Waals surface area contributed by atoms with Gasteiger partial charge in [0.15, 0.2) is 0 Å². The van der Waals surface area contributed by atoms with Crippen molar-refractivity contribution >= 4 is 29.2 Å². The number of benzene rings is 1. The van der Waals surface area contributed by atoms with E-state index < -0.39 is 6.09 Å². The van der Waals surface area contributed by atoms with Crippen LogP contribution in [0.4, 0.5) is 22.0 Å². The Morgan fingerprint density at radius 1 is 1.06 bits per heavy atom. The number of carboxylic acid groups (broad SMARTS) is 1. The van der Waals surface area contributed by atoms with E-state index >= 15 is 0 Å². The predicted molar refractivity (Wildman–Crippen MR) is 125 cm³/mol. The maximum Gasteiger partial charge on any atom is 0.411 e. The first kappa shape index (κ1) is 22.7. The Kier molecular flexibility index (Phi) is 7.38. The molecule has 3 N–H and O–H groups in total. The van der Waals surface area contributed by atoms with Gasteiger partial charge in [-0.1, -0.05) is 6.07 Å². The predicted octanol–water partition coefficient (Wildman–Crippen LogP) is 4.58. The molecule has 0 aliphatic rings. The second-order valence-electron chi connectivity index (χ2n) is 7.65. The molecule has 0 radical (unpaired) electrons. The molecule has 0 fully saturated rings. The molecule has 166 valence electrons. The maximum atomic E-state index is 12.8. The second-order valence-corrected chi connectivity index (χ2v) is 7.65. The quantitative estimate of drug-likeness (QED) is 0.480. The largest absolute Gasteiger partial charge is 0.465 e. The first-order valence-electron chi connectivity index (χ1n) is 10.4. The number of aromatic nitrogens is 2. The zero-order valence-electron chi connectivity index (χ0n) is 18.4. The van der Waals surface area contributed by atoms with Gasteiger partial charge in [-0.15, -0.1) is 0 Å². The van der Waals surface area contributed by atoms with E-state index in [1.54, 1.807) is 42.6 Å². The number of carbonyl (C=O) groups is 2. The molecule has 8 nitrogen and oxygen atoms in total. The second kappa shape index (κ2) is 10.4. The van der Waals surface area contributed by atoms with E-state index in [0.717, 1.165) is 11.4 Å². The Balaban J connectivity index is 1.71. The molecule has 0 saturated carbocycles. The summed E-state index contributed by atoms with van der Waals surface area (Å²) >= 11 is 0. The molecule has 0 aliphatic carbocycles. The van der Waals surface area contributed by atoms with Gasteiger partial charge in [0.05, 0.1) is 5.56 Å².